The summed E-state index contributed by atoms with van der Waals surface area (Å²) in [5.74, 6) is 0.976. The highest BCUT2D eigenvalue weighted by molar-refractivity contribution is 5.91. The van der Waals surface area contributed by atoms with Crippen LogP contribution in [0.5, 0.6) is 0 Å². The Hall–Kier alpha value is -2.10. The van der Waals surface area contributed by atoms with E-state index >= 15 is 0 Å². The lowest BCUT2D eigenvalue weighted by atomic mass is 9.62. The van der Waals surface area contributed by atoms with Crippen LogP contribution in [0.15, 0.2) is 47.4 Å². The number of nitrogens with one attached hydrogen (secondary N) is 1. The quantitative estimate of drug-likeness (QED) is 0.307. The number of nitrogens with zero attached hydrogens (tertiary/aromatic N) is 1. The van der Waals surface area contributed by atoms with Crippen LogP contribution in [0.1, 0.15) is 102 Å². The van der Waals surface area contributed by atoms with Crippen molar-refractivity contribution in [3.63, 3.8) is 0 Å². The molecule has 1 N–H and O–H groups in total. The zero-order chi connectivity index (χ0) is 22.5. The minimum Gasteiger partial charge on any atom is -0.451 e. The standard InChI is InChI=1S/C27H42N2O2/c1-5-8-10-15-23(14-7-3)27(18-22(4)13-6-2,24-16-11-9-12-17-24)20-28-26(30)25-19-31-21-29-25/h9,11-12,16-17,19,21-23H,5-8,10,13-15,18,20H2,1-4H3,(H,28,30). The van der Waals surface area contributed by atoms with Crippen molar-refractivity contribution in [2.24, 2.45) is 11.8 Å². The smallest absolute Gasteiger partial charge is 0.273 e. The zero-order valence-electron chi connectivity index (χ0n) is 20.0. The Balaban J connectivity index is 2.43. The molecule has 1 aromatic carbocycles. The lowest BCUT2D eigenvalue weighted by Gasteiger charge is -2.44. The first-order valence-electron chi connectivity index (χ1n) is 12.3. The average molecular weight is 427 g/mol. The van der Waals surface area contributed by atoms with Crippen LogP contribution in [-0.2, 0) is 5.41 Å². The Kier molecular flexibility index (Phi) is 10.8. The van der Waals surface area contributed by atoms with E-state index in [9.17, 15) is 4.79 Å². The summed E-state index contributed by atoms with van der Waals surface area (Å²) in [6.45, 7) is 9.81. The molecule has 1 heterocycles. The Morgan fingerprint density at radius 3 is 2.39 bits per heavy atom. The molecule has 3 atom stereocenters. The molecule has 172 valence electrons. The monoisotopic (exact) mass is 426 g/mol. The molecule has 0 aliphatic heterocycles. The molecule has 0 radical (unpaired) electrons. The Bertz CT molecular complexity index is 729. The second-order valence-electron chi connectivity index (χ2n) is 9.16. The van der Waals surface area contributed by atoms with Crippen molar-refractivity contribution in [3.05, 3.63) is 54.2 Å². The van der Waals surface area contributed by atoms with Crippen LogP contribution in [0, 0.1) is 11.8 Å². The summed E-state index contributed by atoms with van der Waals surface area (Å²) < 4.78 is 5.03. The minimum absolute atomic E-state index is 0.0843. The van der Waals surface area contributed by atoms with Gasteiger partial charge in [-0.3, -0.25) is 4.79 Å². The fraction of sp³-hybridized carbons (Fsp3) is 0.630. The molecule has 0 saturated heterocycles. The second kappa shape index (κ2) is 13.3. The molecule has 0 aliphatic rings. The van der Waals surface area contributed by atoms with Crippen molar-refractivity contribution in [3.8, 4) is 0 Å². The summed E-state index contributed by atoms with van der Waals surface area (Å²) >= 11 is 0. The Labute approximate surface area is 189 Å². The maximum absolute atomic E-state index is 12.8. The number of benzene rings is 1. The lowest BCUT2D eigenvalue weighted by Crippen LogP contribution is -2.47. The Morgan fingerprint density at radius 2 is 1.77 bits per heavy atom. The predicted molar refractivity (Wildman–Crippen MR) is 128 cm³/mol. The molecule has 2 rings (SSSR count). The summed E-state index contributed by atoms with van der Waals surface area (Å²) in [7, 11) is 0. The lowest BCUT2D eigenvalue weighted by molar-refractivity contribution is 0.0912. The first-order chi connectivity index (χ1) is 15.1. The van der Waals surface area contributed by atoms with Crippen LogP contribution in [0.25, 0.3) is 0 Å². The number of carbonyl (C=O) groups excluding carboxylic acids is 1. The summed E-state index contributed by atoms with van der Waals surface area (Å²) in [4.78, 5) is 16.8. The van der Waals surface area contributed by atoms with Crippen molar-refractivity contribution in [1.82, 2.24) is 10.3 Å². The number of rotatable bonds is 15. The van der Waals surface area contributed by atoms with Gasteiger partial charge in [-0.15, -0.1) is 0 Å². The van der Waals surface area contributed by atoms with Crippen LogP contribution >= 0.6 is 0 Å². The molecule has 0 spiro atoms. The van der Waals surface area contributed by atoms with E-state index in [0.29, 0.717) is 24.1 Å². The van der Waals surface area contributed by atoms with Crippen molar-refractivity contribution >= 4 is 5.91 Å². The highest BCUT2D eigenvalue weighted by atomic mass is 16.3. The molecule has 0 fully saturated rings. The van der Waals surface area contributed by atoms with E-state index in [-0.39, 0.29) is 11.3 Å². The molecule has 0 bridgehead atoms. The fourth-order valence-corrected chi connectivity index (χ4v) is 5.16. The molecule has 4 nitrogen and oxygen atoms in total. The molecule has 2 aromatic rings. The molecule has 0 saturated carbocycles. The van der Waals surface area contributed by atoms with Gasteiger partial charge in [-0.25, -0.2) is 4.98 Å². The minimum atomic E-state index is -0.152. The van der Waals surface area contributed by atoms with Gasteiger partial charge >= 0.3 is 0 Å². The topological polar surface area (TPSA) is 55.1 Å². The highest BCUT2D eigenvalue weighted by Gasteiger charge is 2.41. The first-order valence-corrected chi connectivity index (χ1v) is 12.3. The number of hydrogen-bond acceptors (Lipinski definition) is 3. The van der Waals surface area contributed by atoms with Gasteiger partial charge in [-0.1, -0.05) is 96.6 Å². The van der Waals surface area contributed by atoms with E-state index in [1.165, 1.54) is 63.2 Å². The molecule has 4 heteroatoms. The van der Waals surface area contributed by atoms with Gasteiger partial charge in [0.15, 0.2) is 12.1 Å². The summed E-state index contributed by atoms with van der Waals surface area (Å²) in [5, 5.41) is 3.24. The van der Waals surface area contributed by atoms with Gasteiger partial charge in [0, 0.05) is 12.0 Å². The van der Waals surface area contributed by atoms with Crippen LogP contribution < -0.4 is 5.32 Å². The number of hydrogen-bond donors (Lipinski definition) is 1. The van der Waals surface area contributed by atoms with Crippen molar-refractivity contribution in [2.75, 3.05) is 6.54 Å². The maximum atomic E-state index is 12.8. The number of oxazole rings is 1. The van der Waals surface area contributed by atoms with E-state index in [1.54, 1.807) is 0 Å². The third kappa shape index (κ3) is 7.22. The summed E-state index contributed by atoms with van der Waals surface area (Å²) in [6, 6.07) is 10.9. The second-order valence-corrected chi connectivity index (χ2v) is 9.16. The van der Waals surface area contributed by atoms with Gasteiger partial charge in [0.05, 0.1) is 0 Å². The van der Waals surface area contributed by atoms with Gasteiger partial charge in [-0.05, 0) is 36.7 Å². The number of carbonyl (C=O) groups is 1. The third-order valence-electron chi connectivity index (χ3n) is 6.65. The van der Waals surface area contributed by atoms with Crippen molar-refractivity contribution < 1.29 is 9.21 Å². The molecule has 1 amide bonds. The molecular formula is C27H42N2O2. The van der Waals surface area contributed by atoms with Crippen molar-refractivity contribution in [2.45, 2.75) is 90.9 Å². The third-order valence-corrected chi connectivity index (χ3v) is 6.65. The Morgan fingerprint density at radius 1 is 1.03 bits per heavy atom. The van der Waals surface area contributed by atoms with E-state index < -0.39 is 0 Å². The highest BCUT2D eigenvalue weighted by Crippen LogP contribution is 2.43. The molecule has 31 heavy (non-hydrogen) atoms. The number of amides is 1. The van der Waals surface area contributed by atoms with E-state index in [0.717, 1.165) is 12.8 Å². The van der Waals surface area contributed by atoms with Crippen LogP contribution in [-0.4, -0.2) is 17.4 Å². The summed E-state index contributed by atoms with van der Waals surface area (Å²) in [5.41, 5.74) is 1.62. The molecule has 0 aliphatic carbocycles. The van der Waals surface area contributed by atoms with Crippen LogP contribution in [0.3, 0.4) is 0 Å². The number of aromatic nitrogens is 1. The fourth-order valence-electron chi connectivity index (χ4n) is 5.16. The van der Waals surface area contributed by atoms with Crippen molar-refractivity contribution in [1.29, 1.82) is 0 Å². The van der Waals surface area contributed by atoms with E-state index in [4.69, 9.17) is 4.42 Å². The van der Waals surface area contributed by atoms with E-state index in [1.807, 2.05) is 0 Å². The summed E-state index contributed by atoms with van der Waals surface area (Å²) in [6.07, 6.45) is 13.5. The average Bonchev–Trinajstić information content (AvgIpc) is 3.32. The SMILES string of the molecule is CCCCCC(CCC)C(CNC(=O)c1cocn1)(CC(C)CCC)c1ccccc1. The van der Waals surface area contributed by atoms with Gasteiger partial charge in [-0.2, -0.15) is 0 Å². The normalized spacial score (nSPS) is 15.2. The van der Waals surface area contributed by atoms with Gasteiger partial charge in [0.25, 0.3) is 5.91 Å². The molecular weight excluding hydrogens is 384 g/mol. The molecule has 3 unspecified atom stereocenters. The predicted octanol–water partition coefficient (Wildman–Crippen LogP) is 7.17. The molecule has 1 aromatic heterocycles. The zero-order valence-corrected chi connectivity index (χ0v) is 20.0. The van der Waals surface area contributed by atoms with Gasteiger partial charge in [0.2, 0.25) is 0 Å². The van der Waals surface area contributed by atoms with Crippen LogP contribution in [0.4, 0.5) is 0 Å². The first kappa shape index (κ1) is 25.2. The largest absolute Gasteiger partial charge is 0.451 e. The van der Waals surface area contributed by atoms with Gasteiger partial charge < -0.3 is 9.73 Å². The van der Waals surface area contributed by atoms with Crippen LogP contribution in [0.2, 0.25) is 0 Å². The number of unbranched alkanes of at least 4 members (excludes halogenated alkanes) is 2. The van der Waals surface area contributed by atoms with E-state index in [2.05, 4.69) is 68.3 Å². The van der Waals surface area contributed by atoms with Gasteiger partial charge in [0.1, 0.15) is 6.26 Å². The maximum Gasteiger partial charge on any atom is 0.273 e.